The summed E-state index contributed by atoms with van der Waals surface area (Å²) in [5, 5.41) is 7.45. The van der Waals surface area contributed by atoms with Crippen molar-refractivity contribution < 1.29 is 9.47 Å². The molecule has 1 spiro atoms. The number of hydrogen-bond donors (Lipinski definition) is 2. The summed E-state index contributed by atoms with van der Waals surface area (Å²) in [5.74, 6) is 2.34. The largest absolute Gasteiger partial charge is 0.379 e. The molecule has 28 heavy (non-hydrogen) atoms. The molecule has 4 rings (SSSR count). The van der Waals surface area contributed by atoms with E-state index in [-0.39, 0.29) is 24.0 Å². The molecular weight excluding hydrogens is 467 g/mol. The summed E-state index contributed by atoms with van der Waals surface area (Å²) in [5.41, 5.74) is 0.389. The Morgan fingerprint density at radius 1 is 1.21 bits per heavy atom. The van der Waals surface area contributed by atoms with Crippen LogP contribution in [0.25, 0.3) is 0 Å². The number of hydrogen-bond acceptors (Lipinski definition) is 4. The van der Waals surface area contributed by atoms with Crippen LogP contribution in [-0.4, -0.2) is 75.5 Å². The lowest BCUT2D eigenvalue weighted by Gasteiger charge is -2.63. The fourth-order valence-corrected chi connectivity index (χ4v) is 5.86. The number of nitrogens with one attached hydrogen (secondary N) is 2. The van der Waals surface area contributed by atoms with Crippen LogP contribution in [0, 0.1) is 17.3 Å². The zero-order chi connectivity index (χ0) is 18.9. The summed E-state index contributed by atoms with van der Waals surface area (Å²) in [6, 6.07) is 1.07. The highest BCUT2D eigenvalue weighted by Crippen LogP contribution is 2.62. The second-order valence-electron chi connectivity index (χ2n) is 9.34. The summed E-state index contributed by atoms with van der Waals surface area (Å²) in [7, 11) is 1.90. The minimum absolute atomic E-state index is 0. The lowest BCUT2D eigenvalue weighted by molar-refractivity contribution is -0.171. The van der Waals surface area contributed by atoms with Gasteiger partial charge in [-0.25, -0.2) is 0 Å². The van der Waals surface area contributed by atoms with Crippen LogP contribution in [0.1, 0.15) is 46.0 Å². The van der Waals surface area contributed by atoms with Gasteiger partial charge in [-0.05, 0) is 31.6 Å². The molecule has 0 bridgehead atoms. The Bertz CT molecular complexity index is 534. The highest BCUT2D eigenvalue weighted by atomic mass is 127. The van der Waals surface area contributed by atoms with E-state index in [9.17, 15) is 0 Å². The van der Waals surface area contributed by atoms with Crippen molar-refractivity contribution in [2.45, 2.75) is 64.1 Å². The van der Waals surface area contributed by atoms with Crippen LogP contribution in [0.4, 0.5) is 0 Å². The highest BCUT2D eigenvalue weighted by molar-refractivity contribution is 14.0. The van der Waals surface area contributed by atoms with Crippen LogP contribution >= 0.6 is 24.0 Å². The lowest BCUT2D eigenvalue weighted by atomic mass is 9.46. The molecule has 0 amide bonds. The molecule has 0 radical (unpaired) electrons. The molecule has 4 aliphatic rings. The number of ether oxygens (including phenoxy) is 2. The third-order valence-corrected chi connectivity index (χ3v) is 7.36. The maximum atomic E-state index is 6.06. The first-order valence-corrected chi connectivity index (χ1v) is 11.0. The fourth-order valence-electron chi connectivity index (χ4n) is 5.86. The van der Waals surface area contributed by atoms with Crippen molar-refractivity contribution in [2.75, 3.05) is 46.5 Å². The molecule has 4 atom stereocenters. The summed E-state index contributed by atoms with van der Waals surface area (Å²) in [4.78, 5) is 7.14. The minimum atomic E-state index is 0. The zero-order valence-electron chi connectivity index (χ0n) is 17.8. The number of morpholine rings is 1. The van der Waals surface area contributed by atoms with Crippen LogP contribution in [-0.2, 0) is 9.47 Å². The monoisotopic (exact) mass is 506 g/mol. The van der Waals surface area contributed by atoms with Crippen molar-refractivity contribution in [1.82, 2.24) is 15.5 Å². The van der Waals surface area contributed by atoms with Crippen molar-refractivity contribution in [2.24, 2.45) is 22.2 Å². The van der Waals surface area contributed by atoms with Gasteiger partial charge in [-0.3, -0.25) is 9.89 Å². The minimum Gasteiger partial charge on any atom is -0.379 e. The summed E-state index contributed by atoms with van der Waals surface area (Å²) in [6.45, 7) is 10.3. The van der Waals surface area contributed by atoms with E-state index >= 15 is 0 Å². The molecule has 2 saturated heterocycles. The Kier molecular flexibility index (Phi) is 7.89. The SMILES string of the molecule is CN=C(NCC(CC(C)C)N1CCOCC1)NC1C2CCOC2C12CCC2.I. The Morgan fingerprint density at radius 2 is 1.96 bits per heavy atom. The molecule has 6 nitrogen and oxygen atoms in total. The number of fused-ring (bicyclic) bond motifs is 2. The average Bonchev–Trinajstić information content (AvgIpc) is 3.05. The summed E-state index contributed by atoms with van der Waals surface area (Å²) >= 11 is 0. The second kappa shape index (κ2) is 9.79. The van der Waals surface area contributed by atoms with Crippen LogP contribution in [0.2, 0.25) is 0 Å². The first-order chi connectivity index (χ1) is 13.1. The van der Waals surface area contributed by atoms with E-state index in [1.165, 1.54) is 32.1 Å². The van der Waals surface area contributed by atoms with Crippen LogP contribution < -0.4 is 10.6 Å². The Morgan fingerprint density at radius 3 is 2.57 bits per heavy atom. The van der Waals surface area contributed by atoms with E-state index in [0.717, 1.165) is 45.4 Å². The van der Waals surface area contributed by atoms with Crippen molar-refractivity contribution >= 4 is 29.9 Å². The van der Waals surface area contributed by atoms with Gasteiger partial charge in [-0.2, -0.15) is 0 Å². The molecular formula is C21H39IN4O2. The molecule has 4 unspecified atom stereocenters. The predicted molar refractivity (Wildman–Crippen MR) is 123 cm³/mol. The number of halogens is 1. The third kappa shape index (κ3) is 4.32. The van der Waals surface area contributed by atoms with Gasteiger partial charge < -0.3 is 20.1 Å². The molecule has 0 aromatic rings. The molecule has 162 valence electrons. The molecule has 2 aliphatic heterocycles. The predicted octanol–water partition coefficient (Wildman–Crippen LogP) is 2.47. The van der Waals surface area contributed by atoms with Gasteiger partial charge in [0.05, 0.1) is 19.3 Å². The van der Waals surface area contributed by atoms with Crippen LogP contribution in [0.3, 0.4) is 0 Å². The van der Waals surface area contributed by atoms with E-state index < -0.39 is 0 Å². The molecule has 2 saturated carbocycles. The topological polar surface area (TPSA) is 58.1 Å². The lowest BCUT2D eigenvalue weighted by Crippen LogP contribution is -2.72. The quantitative estimate of drug-likeness (QED) is 0.330. The van der Waals surface area contributed by atoms with Crippen LogP contribution in [0.5, 0.6) is 0 Å². The Hall–Kier alpha value is -0.120. The van der Waals surface area contributed by atoms with E-state index in [4.69, 9.17) is 9.47 Å². The molecule has 2 aliphatic carbocycles. The normalized spacial score (nSPS) is 32.9. The van der Waals surface area contributed by atoms with Gasteiger partial charge >= 0.3 is 0 Å². The number of rotatable bonds is 6. The molecule has 0 aromatic carbocycles. The average molecular weight is 506 g/mol. The van der Waals surface area contributed by atoms with Gasteiger partial charge in [-0.1, -0.05) is 20.3 Å². The standard InChI is InChI=1S/C21H38N4O2.HI/c1-15(2)13-16(25-8-11-26-12-9-25)14-23-20(22-3)24-18-17-5-10-27-19(17)21(18)6-4-7-21;/h15-19H,4-14H2,1-3H3,(H2,22,23,24);1H. The van der Waals surface area contributed by atoms with Gasteiger partial charge in [0.1, 0.15) is 0 Å². The van der Waals surface area contributed by atoms with Crippen molar-refractivity contribution in [3.63, 3.8) is 0 Å². The summed E-state index contributed by atoms with van der Waals surface area (Å²) in [6.07, 6.45) is 6.88. The maximum absolute atomic E-state index is 6.06. The smallest absolute Gasteiger partial charge is 0.191 e. The van der Waals surface area contributed by atoms with Crippen LogP contribution in [0.15, 0.2) is 4.99 Å². The third-order valence-electron chi connectivity index (χ3n) is 7.36. The number of nitrogens with zero attached hydrogens (tertiary/aromatic N) is 2. The zero-order valence-corrected chi connectivity index (χ0v) is 20.1. The Labute approximate surface area is 187 Å². The van der Waals surface area contributed by atoms with Gasteiger partial charge in [-0.15, -0.1) is 24.0 Å². The second-order valence-corrected chi connectivity index (χ2v) is 9.34. The molecule has 0 aromatic heterocycles. The van der Waals surface area contributed by atoms with Gasteiger partial charge in [0.15, 0.2) is 5.96 Å². The number of guanidine groups is 1. The van der Waals surface area contributed by atoms with E-state index in [0.29, 0.717) is 35.4 Å². The summed E-state index contributed by atoms with van der Waals surface area (Å²) < 4.78 is 11.6. The Balaban J connectivity index is 0.00000225. The highest BCUT2D eigenvalue weighted by Gasteiger charge is 2.66. The van der Waals surface area contributed by atoms with Crippen molar-refractivity contribution in [3.8, 4) is 0 Å². The van der Waals surface area contributed by atoms with E-state index in [1.54, 1.807) is 0 Å². The van der Waals surface area contributed by atoms with Gasteiger partial charge in [0.25, 0.3) is 0 Å². The van der Waals surface area contributed by atoms with E-state index in [1.807, 2.05) is 7.05 Å². The maximum Gasteiger partial charge on any atom is 0.191 e. The first-order valence-electron chi connectivity index (χ1n) is 11.0. The molecule has 2 heterocycles. The first kappa shape index (κ1) is 22.6. The van der Waals surface area contributed by atoms with E-state index in [2.05, 4.69) is 34.4 Å². The van der Waals surface area contributed by atoms with Gasteiger partial charge in [0, 0.05) is 56.7 Å². The molecule has 2 N–H and O–H groups in total. The number of aliphatic imine (C=N–C) groups is 1. The van der Waals surface area contributed by atoms with Crippen molar-refractivity contribution in [1.29, 1.82) is 0 Å². The molecule has 4 fully saturated rings. The van der Waals surface area contributed by atoms with Gasteiger partial charge in [0.2, 0.25) is 0 Å². The molecule has 7 heteroatoms. The fraction of sp³-hybridized carbons (Fsp3) is 0.952. The van der Waals surface area contributed by atoms with Crippen molar-refractivity contribution in [3.05, 3.63) is 0 Å².